The topological polar surface area (TPSA) is 56.7 Å². The van der Waals surface area contributed by atoms with Crippen molar-refractivity contribution in [3.8, 4) is 0 Å². The van der Waals surface area contributed by atoms with Gasteiger partial charge in [0.1, 0.15) is 11.6 Å². The number of benzene rings is 2. The molecule has 1 fully saturated rings. The van der Waals surface area contributed by atoms with E-state index in [-0.39, 0.29) is 36.0 Å². The number of hydrogen-bond donors (Lipinski definition) is 2. The Labute approximate surface area is 187 Å². The number of likely N-dealkylation sites (N-methyl/N-ethyl adjacent to an activating group) is 1. The van der Waals surface area contributed by atoms with E-state index in [0.29, 0.717) is 6.54 Å². The largest absolute Gasteiger partial charge is 0.318 e. The summed E-state index contributed by atoms with van der Waals surface area (Å²) >= 11 is 0. The van der Waals surface area contributed by atoms with Gasteiger partial charge in [0.05, 0.1) is 18.3 Å². The van der Waals surface area contributed by atoms with E-state index in [1.54, 1.807) is 29.3 Å². The number of fused-ring (bicyclic) bond motifs is 1. The van der Waals surface area contributed by atoms with Crippen LogP contribution in [0.1, 0.15) is 36.4 Å². The van der Waals surface area contributed by atoms with Crippen molar-refractivity contribution in [2.75, 3.05) is 26.7 Å². The van der Waals surface area contributed by atoms with Gasteiger partial charge < -0.3 is 10.6 Å². The maximum absolute atomic E-state index is 13.6. The second-order valence-electron chi connectivity index (χ2n) is 8.22. The van der Waals surface area contributed by atoms with Crippen LogP contribution in [0, 0.1) is 17.6 Å². The van der Waals surface area contributed by atoms with Crippen molar-refractivity contribution in [1.82, 2.24) is 15.6 Å². The molecule has 2 aromatic carbocycles. The maximum atomic E-state index is 13.6. The van der Waals surface area contributed by atoms with Crippen LogP contribution < -0.4 is 10.6 Å². The summed E-state index contributed by atoms with van der Waals surface area (Å²) in [6, 6.07) is 12.4. The lowest BCUT2D eigenvalue weighted by atomic mass is 9.77. The van der Waals surface area contributed by atoms with Crippen LogP contribution in [0.15, 0.2) is 59.2 Å². The minimum Gasteiger partial charge on any atom is -0.318 e. The smallest absolute Gasteiger partial charge is 0.257 e. The number of halogens is 2. The molecule has 1 saturated carbocycles. The van der Waals surface area contributed by atoms with Crippen molar-refractivity contribution in [2.45, 2.75) is 25.3 Å². The Balaban J connectivity index is 1.65. The van der Waals surface area contributed by atoms with E-state index in [0.717, 1.165) is 48.2 Å². The fraction of sp³-hybridized carbons (Fsp3) is 0.360. The molecule has 1 aliphatic carbocycles. The molecular formula is C25H28F2N4O. The van der Waals surface area contributed by atoms with Crippen LogP contribution in [-0.4, -0.2) is 43.3 Å². The second-order valence-corrected chi connectivity index (χ2v) is 8.22. The summed E-state index contributed by atoms with van der Waals surface area (Å²) < 4.78 is 26.9. The zero-order chi connectivity index (χ0) is 22.5. The van der Waals surface area contributed by atoms with Gasteiger partial charge in [-0.05, 0) is 73.4 Å². The molecule has 168 valence electrons. The maximum Gasteiger partial charge on any atom is 0.257 e. The summed E-state index contributed by atoms with van der Waals surface area (Å²) in [6.07, 6.45) is 4.76. The normalized spacial score (nSPS) is 21.5. The Kier molecular flexibility index (Phi) is 7.07. The van der Waals surface area contributed by atoms with E-state index >= 15 is 0 Å². The first-order chi connectivity index (χ1) is 15.6. The second kappa shape index (κ2) is 10.1. The highest BCUT2D eigenvalue weighted by Crippen LogP contribution is 2.44. The Bertz CT molecular complexity index is 1000. The molecule has 0 aromatic heterocycles. The quantitative estimate of drug-likeness (QED) is 0.645. The van der Waals surface area contributed by atoms with E-state index in [1.165, 1.54) is 24.3 Å². The summed E-state index contributed by atoms with van der Waals surface area (Å²) in [5, 5.41) is 12.6. The molecule has 2 atom stereocenters. The number of allylic oxidation sites excluding steroid dienone is 1. The van der Waals surface area contributed by atoms with Crippen LogP contribution in [-0.2, 0) is 4.79 Å². The first kappa shape index (κ1) is 22.3. The monoisotopic (exact) mass is 438 g/mol. The fourth-order valence-electron chi connectivity index (χ4n) is 4.45. The lowest BCUT2D eigenvalue weighted by molar-refractivity contribution is -0.132. The lowest BCUT2D eigenvalue weighted by Gasteiger charge is -2.29. The van der Waals surface area contributed by atoms with Crippen LogP contribution in [0.5, 0.6) is 0 Å². The molecule has 2 aliphatic rings. The van der Waals surface area contributed by atoms with Crippen molar-refractivity contribution < 1.29 is 13.6 Å². The molecule has 1 aliphatic heterocycles. The minimum absolute atomic E-state index is 0.0437. The third kappa shape index (κ3) is 4.95. The van der Waals surface area contributed by atoms with Gasteiger partial charge in [-0.3, -0.25) is 4.79 Å². The standard InChI is InChI=1S/C25H28F2N4O/c1-28-13-14-29-16-23(32)31-25(18-7-11-21(27)12-8-18)22-4-2-3-19(24(22)30-31)15-17-5-9-20(26)10-6-17/h5-12,15,22,25,28-29H,2-4,13-14,16H2,1H3/b19-15+. The summed E-state index contributed by atoms with van der Waals surface area (Å²) in [7, 11) is 1.86. The van der Waals surface area contributed by atoms with Crippen molar-refractivity contribution in [3.63, 3.8) is 0 Å². The summed E-state index contributed by atoms with van der Waals surface area (Å²) in [4.78, 5) is 13.1. The van der Waals surface area contributed by atoms with Crippen molar-refractivity contribution in [1.29, 1.82) is 0 Å². The van der Waals surface area contributed by atoms with E-state index in [1.807, 2.05) is 13.1 Å². The first-order valence-corrected chi connectivity index (χ1v) is 11.0. The van der Waals surface area contributed by atoms with Crippen LogP contribution in [0.4, 0.5) is 8.78 Å². The van der Waals surface area contributed by atoms with Gasteiger partial charge in [-0.25, -0.2) is 13.8 Å². The van der Waals surface area contributed by atoms with Gasteiger partial charge in [0.2, 0.25) is 0 Å². The van der Waals surface area contributed by atoms with Gasteiger partial charge in [0.25, 0.3) is 5.91 Å². The third-order valence-electron chi connectivity index (χ3n) is 6.01. The average Bonchev–Trinajstić information content (AvgIpc) is 3.19. The minimum atomic E-state index is -0.306. The number of carbonyl (C=O) groups excluding carboxylic acids is 1. The zero-order valence-electron chi connectivity index (χ0n) is 18.2. The number of nitrogens with one attached hydrogen (secondary N) is 2. The van der Waals surface area contributed by atoms with E-state index in [9.17, 15) is 13.6 Å². The molecule has 5 nitrogen and oxygen atoms in total. The molecule has 4 rings (SSSR count). The predicted octanol–water partition coefficient (Wildman–Crippen LogP) is 3.90. The molecule has 1 amide bonds. The SMILES string of the molecule is CNCCNCC(=O)N1N=C2/C(=C/c3ccc(F)cc3)CCCC2C1c1ccc(F)cc1. The Morgan fingerprint density at radius 3 is 2.47 bits per heavy atom. The van der Waals surface area contributed by atoms with Gasteiger partial charge in [-0.15, -0.1) is 0 Å². The van der Waals surface area contributed by atoms with Crippen LogP contribution in [0.2, 0.25) is 0 Å². The Morgan fingerprint density at radius 2 is 1.78 bits per heavy atom. The van der Waals surface area contributed by atoms with Gasteiger partial charge in [0.15, 0.2) is 0 Å². The van der Waals surface area contributed by atoms with Crippen LogP contribution in [0.25, 0.3) is 6.08 Å². The molecule has 0 bridgehead atoms. The van der Waals surface area contributed by atoms with Gasteiger partial charge in [0, 0.05) is 19.0 Å². The summed E-state index contributed by atoms with van der Waals surface area (Å²) in [6.45, 7) is 1.61. The Morgan fingerprint density at radius 1 is 1.09 bits per heavy atom. The summed E-state index contributed by atoms with van der Waals surface area (Å²) in [5.41, 5.74) is 3.75. The van der Waals surface area contributed by atoms with Crippen molar-refractivity contribution in [3.05, 3.63) is 76.9 Å². The molecule has 0 spiro atoms. The number of carbonyl (C=O) groups is 1. The number of hydrogen-bond acceptors (Lipinski definition) is 4. The Hall–Kier alpha value is -2.90. The average molecular weight is 439 g/mol. The number of amides is 1. The fourth-order valence-corrected chi connectivity index (χ4v) is 4.45. The van der Waals surface area contributed by atoms with Crippen molar-refractivity contribution in [2.24, 2.45) is 11.0 Å². The third-order valence-corrected chi connectivity index (χ3v) is 6.01. The lowest BCUT2D eigenvalue weighted by Crippen LogP contribution is -2.39. The number of nitrogens with zero attached hydrogens (tertiary/aromatic N) is 2. The zero-order valence-corrected chi connectivity index (χ0v) is 18.2. The van der Waals surface area contributed by atoms with Crippen LogP contribution >= 0.6 is 0 Å². The van der Waals surface area contributed by atoms with Crippen LogP contribution in [0.3, 0.4) is 0 Å². The first-order valence-electron chi connectivity index (χ1n) is 11.0. The van der Waals surface area contributed by atoms with Gasteiger partial charge in [-0.1, -0.05) is 24.3 Å². The molecule has 1 heterocycles. The molecule has 0 saturated heterocycles. The molecule has 2 aromatic rings. The molecule has 0 radical (unpaired) electrons. The van der Waals surface area contributed by atoms with E-state index in [2.05, 4.69) is 10.6 Å². The highest BCUT2D eigenvalue weighted by atomic mass is 19.1. The van der Waals surface area contributed by atoms with Gasteiger partial charge in [-0.2, -0.15) is 5.10 Å². The molecule has 2 N–H and O–H groups in total. The molecular weight excluding hydrogens is 410 g/mol. The van der Waals surface area contributed by atoms with Crippen molar-refractivity contribution >= 4 is 17.7 Å². The number of hydrazone groups is 1. The summed E-state index contributed by atoms with van der Waals surface area (Å²) in [5.74, 6) is -0.647. The number of rotatable bonds is 7. The molecule has 7 heteroatoms. The highest BCUT2D eigenvalue weighted by molar-refractivity contribution is 6.08. The highest BCUT2D eigenvalue weighted by Gasteiger charge is 2.43. The van der Waals surface area contributed by atoms with Gasteiger partial charge >= 0.3 is 0 Å². The molecule has 2 unspecified atom stereocenters. The predicted molar refractivity (Wildman–Crippen MR) is 122 cm³/mol. The van der Waals surface area contributed by atoms with E-state index in [4.69, 9.17) is 5.10 Å². The molecule has 32 heavy (non-hydrogen) atoms. The van der Waals surface area contributed by atoms with E-state index < -0.39 is 0 Å².